The van der Waals surface area contributed by atoms with Crippen LogP contribution in [0.4, 0.5) is 0 Å². The van der Waals surface area contributed by atoms with Crippen LogP contribution in [0.2, 0.25) is 5.02 Å². The first kappa shape index (κ1) is 13.4. The van der Waals surface area contributed by atoms with E-state index in [1.54, 1.807) is 6.07 Å². The summed E-state index contributed by atoms with van der Waals surface area (Å²) in [5, 5.41) is 4.06. The first-order chi connectivity index (χ1) is 8.58. The van der Waals surface area contributed by atoms with Crippen molar-refractivity contribution >= 4 is 17.5 Å². The number of halogens is 1. The zero-order valence-corrected chi connectivity index (χ0v) is 11.3. The van der Waals surface area contributed by atoms with Gasteiger partial charge in [0.25, 0.3) is 0 Å². The number of aryl methyl sites for hydroxylation is 1. The maximum atomic E-state index is 11.7. The van der Waals surface area contributed by atoms with Crippen LogP contribution < -0.4 is 11.1 Å². The average Bonchev–Trinajstić information content (AvgIpc) is 2.79. The highest BCUT2D eigenvalue weighted by atomic mass is 35.5. The Labute approximate surface area is 113 Å². The number of carbonyl (C=O) groups excluding carboxylic acids is 1. The molecule has 1 aromatic carbocycles. The number of nitrogens with two attached hydrogens (primary N) is 1. The van der Waals surface area contributed by atoms with Crippen molar-refractivity contribution in [1.29, 1.82) is 0 Å². The monoisotopic (exact) mass is 266 g/mol. The average molecular weight is 267 g/mol. The summed E-state index contributed by atoms with van der Waals surface area (Å²) in [6.45, 7) is 1.95. The highest BCUT2D eigenvalue weighted by Gasteiger charge is 2.24. The van der Waals surface area contributed by atoms with Crippen molar-refractivity contribution in [3.63, 3.8) is 0 Å². The third-order valence-corrected chi connectivity index (χ3v) is 3.82. The van der Waals surface area contributed by atoms with Crippen molar-refractivity contribution < 1.29 is 4.79 Å². The Balaban J connectivity index is 2.20. The van der Waals surface area contributed by atoms with Crippen LogP contribution in [0.3, 0.4) is 0 Å². The number of primary amides is 1. The van der Waals surface area contributed by atoms with E-state index >= 15 is 0 Å². The summed E-state index contributed by atoms with van der Waals surface area (Å²) in [5.41, 5.74) is 7.45. The fourth-order valence-electron chi connectivity index (χ4n) is 2.62. The molecule has 0 saturated heterocycles. The second-order valence-electron chi connectivity index (χ2n) is 4.98. The van der Waals surface area contributed by atoms with E-state index in [1.165, 1.54) is 12.8 Å². The number of nitrogens with one attached hydrogen (secondary N) is 1. The molecule has 0 bridgehead atoms. The van der Waals surface area contributed by atoms with Gasteiger partial charge in [-0.3, -0.25) is 10.1 Å². The maximum absolute atomic E-state index is 11.7. The molecule has 0 aliphatic heterocycles. The normalized spacial score (nSPS) is 17.9. The van der Waals surface area contributed by atoms with Crippen LogP contribution in [0, 0.1) is 6.92 Å². The lowest BCUT2D eigenvalue weighted by molar-refractivity contribution is -0.120. The molecule has 0 aromatic heterocycles. The number of benzene rings is 1. The van der Waals surface area contributed by atoms with Crippen molar-refractivity contribution in [2.45, 2.75) is 44.7 Å². The van der Waals surface area contributed by atoms with Gasteiger partial charge in [0.1, 0.15) is 6.04 Å². The molecule has 1 aliphatic rings. The Bertz CT molecular complexity index is 441. The van der Waals surface area contributed by atoms with Gasteiger partial charge < -0.3 is 5.73 Å². The van der Waals surface area contributed by atoms with Crippen LogP contribution in [0.15, 0.2) is 18.2 Å². The van der Waals surface area contributed by atoms with Crippen molar-refractivity contribution in [2.75, 3.05) is 0 Å². The lowest BCUT2D eigenvalue weighted by Crippen LogP contribution is -2.39. The molecule has 0 heterocycles. The highest BCUT2D eigenvalue weighted by molar-refractivity contribution is 6.30. The molecule has 1 amide bonds. The Morgan fingerprint density at radius 3 is 2.67 bits per heavy atom. The molecular formula is C14H19ClN2O. The Hall–Kier alpha value is -1.06. The molecule has 0 spiro atoms. The fraction of sp³-hybridized carbons (Fsp3) is 0.500. The van der Waals surface area contributed by atoms with Crippen LogP contribution in [0.25, 0.3) is 0 Å². The number of hydrogen-bond acceptors (Lipinski definition) is 2. The molecule has 98 valence electrons. The number of hydrogen-bond donors (Lipinski definition) is 2. The van der Waals surface area contributed by atoms with Gasteiger partial charge in [-0.25, -0.2) is 0 Å². The van der Waals surface area contributed by atoms with Gasteiger partial charge in [0.2, 0.25) is 5.91 Å². The van der Waals surface area contributed by atoms with E-state index in [2.05, 4.69) is 5.32 Å². The third kappa shape index (κ3) is 3.03. The molecule has 1 aliphatic carbocycles. The molecule has 2 rings (SSSR count). The summed E-state index contributed by atoms with van der Waals surface area (Å²) in [7, 11) is 0. The smallest absolute Gasteiger partial charge is 0.239 e. The summed E-state index contributed by atoms with van der Waals surface area (Å²) in [6, 6.07) is 5.54. The molecule has 1 fully saturated rings. The van der Waals surface area contributed by atoms with Crippen LogP contribution in [0.5, 0.6) is 0 Å². The molecule has 1 atom stereocenters. The van der Waals surface area contributed by atoms with E-state index in [-0.39, 0.29) is 5.91 Å². The first-order valence-electron chi connectivity index (χ1n) is 6.39. The number of carbonyl (C=O) groups is 1. The Kier molecular flexibility index (Phi) is 4.25. The predicted molar refractivity (Wildman–Crippen MR) is 73.5 cm³/mol. The molecule has 1 saturated carbocycles. The summed E-state index contributed by atoms with van der Waals surface area (Å²) in [4.78, 5) is 11.7. The third-order valence-electron chi connectivity index (χ3n) is 3.58. The van der Waals surface area contributed by atoms with Crippen molar-refractivity contribution in [3.8, 4) is 0 Å². The molecule has 0 radical (unpaired) electrons. The Morgan fingerprint density at radius 2 is 2.11 bits per heavy atom. The second kappa shape index (κ2) is 5.72. The van der Waals surface area contributed by atoms with Gasteiger partial charge in [0.15, 0.2) is 0 Å². The zero-order valence-electron chi connectivity index (χ0n) is 10.6. The minimum atomic E-state index is -0.412. The van der Waals surface area contributed by atoms with E-state index in [0.29, 0.717) is 11.1 Å². The highest BCUT2D eigenvalue weighted by Crippen LogP contribution is 2.25. The van der Waals surface area contributed by atoms with Crippen molar-refractivity contribution in [3.05, 3.63) is 34.3 Å². The largest absolute Gasteiger partial charge is 0.368 e. The number of rotatable bonds is 4. The second-order valence-corrected chi connectivity index (χ2v) is 5.42. The maximum Gasteiger partial charge on any atom is 0.239 e. The predicted octanol–water partition coefficient (Wildman–Crippen LogP) is 2.71. The van der Waals surface area contributed by atoms with Gasteiger partial charge in [0, 0.05) is 11.1 Å². The number of amides is 1. The van der Waals surface area contributed by atoms with Crippen molar-refractivity contribution in [2.24, 2.45) is 5.73 Å². The van der Waals surface area contributed by atoms with Gasteiger partial charge in [0.05, 0.1) is 0 Å². The zero-order chi connectivity index (χ0) is 13.1. The molecule has 4 heteroatoms. The van der Waals surface area contributed by atoms with E-state index in [4.69, 9.17) is 17.3 Å². The summed E-state index contributed by atoms with van der Waals surface area (Å²) in [6.07, 6.45) is 4.69. The summed E-state index contributed by atoms with van der Waals surface area (Å²) in [5.74, 6) is -0.327. The van der Waals surface area contributed by atoms with Gasteiger partial charge in [-0.2, -0.15) is 0 Å². The fourth-order valence-corrected chi connectivity index (χ4v) is 2.84. The standard InChI is InChI=1S/C14H19ClN2O/c1-9-8-10(15)6-7-12(9)13(14(16)18)17-11-4-2-3-5-11/h6-8,11,13,17H,2-5H2,1H3,(H2,16,18). The quantitative estimate of drug-likeness (QED) is 0.880. The lowest BCUT2D eigenvalue weighted by atomic mass is 9.99. The van der Waals surface area contributed by atoms with Gasteiger partial charge in [-0.15, -0.1) is 0 Å². The molecule has 3 nitrogen and oxygen atoms in total. The Morgan fingerprint density at radius 1 is 1.44 bits per heavy atom. The SMILES string of the molecule is Cc1cc(Cl)ccc1C(NC1CCCC1)C(N)=O. The topological polar surface area (TPSA) is 55.1 Å². The first-order valence-corrected chi connectivity index (χ1v) is 6.77. The minimum absolute atomic E-state index is 0.327. The minimum Gasteiger partial charge on any atom is -0.368 e. The molecule has 3 N–H and O–H groups in total. The molecule has 1 unspecified atom stereocenters. The van der Waals surface area contributed by atoms with Crippen LogP contribution in [-0.4, -0.2) is 11.9 Å². The summed E-state index contributed by atoms with van der Waals surface area (Å²) < 4.78 is 0. The van der Waals surface area contributed by atoms with Crippen LogP contribution in [-0.2, 0) is 4.79 Å². The van der Waals surface area contributed by atoms with E-state index in [0.717, 1.165) is 24.0 Å². The molecule has 1 aromatic rings. The van der Waals surface area contributed by atoms with Crippen molar-refractivity contribution in [1.82, 2.24) is 5.32 Å². The van der Waals surface area contributed by atoms with Gasteiger partial charge in [-0.05, 0) is 43.0 Å². The van der Waals surface area contributed by atoms with E-state index in [9.17, 15) is 4.79 Å². The lowest BCUT2D eigenvalue weighted by Gasteiger charge is -2.22. The summed E-state index contributed by atoms with van der Waals surface area (Å²) >= 11 is 5.93. The van der Waals surface area contributed by atoms with Gasteiger partial charge in [-0.1, -0.05) is 30.5 Å². The van der Waals surface area contributed by atoms with Crippen LogP contribution >= 0.6 is 11.6 Å². The molecular weight excluding hydrogens is 248 g/mol. The van der Waals surface area contributed by atoms with E-state index < -0.39 is 6.04 Å². The molecule has 18 heavy (non-hydrogen) atoms. The van der Waals surface area contributed by atoms with Crippen LogP contribution in [0.1, 0.15) is 42.9 Å². The van der Waals surface area contributed by atoms with Gasteiger partial charge >= 0.3 is 0 Å². The van der Waals surface area contributed by atoms with E-state index in [1.807, 2.05) is 19.1 Å².